The molecule has 0 amide bonds. The lowest BCUT2D eigenvalue weighted by atomic mass is 9.71. The SMILES string of the molecule is CC=C(C)C=CC=C(C)C=CC1=C(C)CC(OP(=O)(O)OC[C@H](O)[C@H]2OC(=O)C(O)C2=O)CC1(C)C. The number of aliphatic hydroxyl groups excluding tert-OH is 2. The fourth-order valence-electron chi connectivity index (χ4n) is 4.21. The summed E-state index contributed by atoms with van der Waals surface area (Å²) < 4.78 is 27.3. The summed E-state index contributed by atoms with van der Waals surface area (Å²) >= 11 is 0. The summed E-state index contributed by atoms with van der Waals surface area (Å²) in [5, 5.41) is 19.4. The van der Waals surface area contributed by atoms with E-state index in [1.165, 1.54) is 5.57 Å². The highest BCUT2D eigenvalue weighted by molar-refractivity contribution is 7.47. The molecule has 0 aromatic rings. The summed E-state index contributed by atoms with van der Waals surface area (Å²) in [5.41, 5.74) is 4.04. The smallest absolute Gasteiger partial charge is 0.449 e. The molecule has 1 saturated heterocycles. The number of carbonyl (C=O) groups excluding carboxylic acids is 2. The summed E-state index contributed by atoms with van der Waals surface area (Å²) in [6, 6.07) is 0. The van der Waals surface area contributed by atoms with Gasteiger partial charge in [-0.1, -0.05) is 67.0 Å². The number of hydrogen-bond acceptors (Lipinski definition) is 8. The predicted octanol–water partition coefficient (Wildman–Crippen LogP) is 3.87. The van der Waals surface area contributed by atoms with E-state index in [1.807, 2.05) is 71.9 Å². The fourth-order valence-corrected chi connectivity index (χ4v) is 5.13. The van der Waals surface area contributed by atoms with Gasteiger partial charge in [0, 0.05) is 0 Å². The molecule has 1 aliphatic heterocycles. The van der Waals surface area contributed by atoms with Crippen LogP contribution in [0.4, 0.5) is 0 Å². The van der Waals surface area contributed by atoms with Gasteiger partial charge in [-0.05, 0) is 51.5 Å². The van der Waals surface area contributed by atoms with Gasteiger partial charge in [-0.2, -0.15) is 0 Å². The number of allylic oxidation sites excluding steroid dienone is 9. The Kier molecular flexibility index (Phi) is 10.4. The Labute approximate surface area is 212 Å². The molecule has 1 heterocycles. The third kappa shape index (κ3) is 8.20. The normalized spacial score (nSPS) is 28.2. The summed E-state index contributed by atoms with van der Waals surface area (Å²) in [7, 11) is -4.60. The van der Waals surface area contributed by atoms with Gasteiger partial charge < -0.3 is 19.8 Å². The second-order valence-corrected chi connectivity index (χ2v) is 11.2. The van der Waals surface area contributed by atoms with E-state index in [0.717, 1.165) is 16.7 Å². The van der Waals surface area contributed by atoms with Crippen LogP contribution in [-0.2, 0) is 27.9 Å². The molecule has 1 fully saturated rings. The van der Waals surface area contributed by atoms with Gasteiger partial charge in [0.25, 0.3) is 0 Å². The zero-order valence-corrected chi connectivity index (χ0v) is 22.5. The monoisotopic (exact) mass is 524 g/mol. The van der Waals surface area contributed by atoms with E-state index in [4.69, 9.17) is 9.05 Å². The lowest BCUT2D eigenvalue weighted by Crippen LogP contribution is -2.37. The number of carbonyl (C=O) groups is 2. The maximum absolute atomic E-state index is 12.5. The first-order valence-corrected chi connectivity index (χ1v) is 13.3. The molecule has 0 aromatic heterocycles. The van der Waals surface area contributed by atoms with Crippen molar-refractivity contribution in [2.75, 3.05) is 6.61 Å². The van der Waals surface area contributed by atoms with E-state index < -0.39 is 50.6 Å². The number of phosphoric acid groups is 1. The Balaban J connectivity index is 2.01. The standard InChI is InChI=1S/C26H37O9P/c1-7-16(2)9-8-10-17(3)11-12-20-18(4)13-19(14-26(20,5)6)35-36(31,32)33-15-21(27)24-22(28)23(29)25(30)34-24/h7-12,19,21,23-24,27,29H,13-15H2,1-6H3,(H,31,32)/t19?,21-,23?,24+/m0/s1. The van der Waals surface area contributed by atoms with Crippen molar-refractivity contribution in [3.05, 3.63) is 58.7 Å². The molecule has 0 aromatic carbocycles. The van der Waals surface area contributed by atoms with E-state index in [9.17, 15) is 29.3 Å². The van der Waals surface area contributed by atoms with E-state index in [0.29, 0.717) is 12.8 Å². The van der Waals surface area contributed by atoms with Gasteiger partial charge in [0.1, 0.15) is 6.10 Å². The number of esters is 1. The van der Waals surface area contributed by atoms with Gasteiger partial charge in [-0.15, -0.1) is 0 Å². The second kappa shape index (κ2) is 12.4. The molecule has 3 N–H and O–H groups in total. The highest BCUT2D eigenvalue weighted by Gasteiger charge is 2.47. The minimum atomic E-state index is -4.60. The molecule has 9 nitrogen and oxygen atoms in total. The molecule has 10 heteroatoms. The number of phosphoric ester groups is 1. The number of rotatable bonds is 10. The first-order valence-electron chi connectivity index (χ1n) is 11.8. The number of Topliss-reactive ketones (excluding diaryl/α,β-unsaturated/α-hetero) is 1. The van der Waals surface area contributed by atoms with Crippen LogP contribution in [0.1, 0.15) is 54.4 Å². The Morgan fingerprint density at radius 1 is 1.25 bits per heavy atom. The summed E-state index contributed by atoms with van der Waals surface area (Å²) in [5.74, 6) is -2.22. The van der Waals surface area contributed by atoms with Crippen molar-refractivity contribution < 1.29 is 43.0 Å². The van der Waals surface area contributed by atoms with E-state index >= 15 is 0 Å². The van der Waals surface area contributed by atoms with Gasteiger partial charge in [-0.3, -0.25) is 13.8 Å². The van der Waals surface area contributed by atoms with Crippen molar-refractivity contribution in [2.45, 2.75) is 78.8 Å². The van der Waals surface area contributed by atoms with Crippen LogP contribution in [0.15, 0.2) is 58.7 Å². The van der Waals surface area contributed by atoms with Crippen LogP contribution < -0.4 is 0 Å². The summed E-state index contributed by atoms with van der Waals surface area (Å²) in [6.07, 6.45) is 7.06. The van der Waals surface area contributed by atoms with Crippen molar-refractivity contribution in [3.63, 3.8) is 0 Å². The predicted molar refractivity (Wildman–Crippen MR) is 135 cm³/mol. The molecule has 2 rings (SSSR count). The van der Waals surface area contributed by atoms with Gasteiger partial charge in [0.05, 0.1) is 12.7 Å². The third-order valence-electron chi connectivity index (χ3n) is 6.20. The highest BCUT2D eigenvalue weighted by Crippen LogP contribution is 2.50. The Morgan fingerprint density at radius 3 is 2.47 bits per heavy atom. The molecule has 3 unspecified atom stereocenters. The van der Waals surface area contributed by atoms with Crippen molar-refractivity contribution in [2.24, 2.45) is 5.41 Å². The quantitative estimate of drug-likeness (QED) is 0.168. The van der Waals surface area contributed by atoms with Crippen LogP contribution in [0, 0.1) is 5.41 Å². The van der Waals surface area contributed by atoms with Gasteiger partial charge in [-0.25, -0.2) is 9.36 Å². The van der Waals surface area contributed by atoms with Gasteiger partial charge in [0.15, 0.2) is 6.10 Å². The Bertz CT molecular complexity index is 1050. The van der Waals surface area contributed by atoms with Crippen molar-refractivity contribution in [1.29, 1.82) is 0 Å². The van der Waals surface area contributed by atoms with Crippen LogP contribution >= 0.6 is 7.82 Å². The van der Waals surface area contributed by atoms with E-state index in [2.05, 4.69) is 10.8 Å². The Morgan fingerprint density at radius 2 is 1.92 bits per heavy atom. The molecular formula is C26H37O9P. The first-order chi connectivity index (χ1) is 16.7. The number of hydrogen-bond donors (Lipinski definition) is 3. The van der Waals surface area contributed by atoms with Crippen LogP contribution in [0.2, 0.25) is 0 Å². The molecule has 0 saturated carbocycles. The molecule has 0 bridgehead atoms. The van der Waals surface area contributed by atoms with Crippen LogP contribution in [-0.4, -0.2) is 57.9 Å². The van der Waals surface area contributed by atoms with Crippen LogP contribution in [0.5, 0.6) is 0 Å². The molecule has 5 atom stereocenters. The molecule has 0 spiro atoms. The fraction of sp³-hybridized carbons (Fsp3) is 0.538. The van der Waals surface area contributed by atoms with Crippen molar-refractivity contribution in [3.8, 4) is 0 Å². The lowest BCUT2D eigenvalue weighted by Gasteiger charge is -2.38. The maximum atomic E-state index is 12.5. The molecular weight excluding hydrogens is 487 g/mol. The average molecular weight is 525 g/mol. The van der Waals surface area contributed by atoms with Crippen molar-refractivity contribution in [1.82, 2.24) is 0 Å². The van der Waals surface area contributed by atoms with Gasteiger partial charge in [0.2, 0.25) is 11.9 Å². The largest absolute Gasteiger partial charge is 0.472 e. The second-order valence-electron chi connectivity index (χ2n) is 9.84. The highest BCUT2D eigenvalue weighted by atomic mass is 31.2. The molecule has 1 aliphatic carbocycles. The van der Waals surface area contributed by atoms with Gasteiger partial charge >= 0.3 is 13.8 Å². The minimum Gasteiger partial charge on any atom is -0.449 e. The zero-order valence-electron chi connectivity index (χ0n) is 21.6. The van der Waals surface area contributed by atoms with E-state index in [-0.39, 0.29) is 5.41 Å². The number of aliphatic hydroxyl groups is 2. The summed E-state index contributed by atoms with van der Waals surface area (Å²) in [6.45, 7) is 11.2. The number of ether oxygens (including phenoxy) is 1. The topological polar surface area (TPSA) is 140 Å². The lowest BCUT2D eigenvalue weighted by molar-refractivity contribution is -0.151. The summed E-state index contributed by atoms with van der Waals surface area (Å²) in [4.78, 5) is 33.2. The minimum absolute atomic E-state index is 0.346. The Hall–Kier alpha value is -2.13. The van der Waals surface area contributed by atoms with Crippen LogP contribution in [0.3, 0.4) is 0 Å². The molecule has 0 radical (unpaired) electrons. The third-order valence-corrected chi connectivity index (χ3v) is 7.24. The van der Waals surface area contributed by atoms with Crippen molar-refractivity contribution >= 4 is 19.6 Å². The number of cyclic esters (lactones) is 1. The zero-order chi connectivity index (χ0) is 27.3. The molecule has 2 aliphatic rings. The average Bonchev–Trinajstić information content (AvgIpc) is 3.03. The first kappa shape index (κ1) is 30.1. The van der Waals surface area contributed by atoms with Crippen LogP contribution in [0.25, 0.3) is 0 Å². The molecule has 36 heavy (non-hydrogen) atoms. The number of ketones is 1. The molecule has 200 valence electrons. The maximum Gasteiger partial charge on any atom is 0.472 e. The van der Waals surface area contributed by atoms with E-state index in [1.54, 1.807) is 0 Å².